The summed E-state index contributed by atoms with van der Waals surface area (Å²) in [5.41, 5.74) is 0.522. The zero-order chi connectivity index (χ0) is 15.5. The summed E-state index contributed by atoms with van der Waals surface area (Å²) < 4.78 is 19.2. The lowest BCUT2D eigenvalue weighted by molar-refractivity contribution is 0.0156. The van der Waals surface area contributed by atoms with Crippen LogP contribution in [0.3, 0.4) is 0 Å². The lowest BCUT2D eigenvalue weighted by atomic mass is 10.1. The molecule has 1 amide bonds. The number of nitriles is 1. The van der Waals surface area contributed by atoms with Crippen LogP contribution in [0, 0.1) is 17.1 Å². The van der Waals surface area contributed by atoms with Crippen molar-refractivity contribution in [2.75, 3.05) is 13.1 Å². The Kier molecular flexibility index (Phi) is 3.71. The normalized spacial score (nSPS) is 14.1. The van der Waals surface area contributed by atoms with Crippen LogP contribution < -0.4 is 4.74 Å². The average molecular weight is 297 g/mol. The summed E-state index contributed by atoms with van der Waals surface area (Å²) in [7, 11) is 0. The molecule has 0 aliphatic carbocycles. The van der Waals surface area contributed by atoms with E-state index in [9.17, 15) is 9.18 Å². The molecule has 6 heteroatoms. The van der Waals surface area contributed by atoms with Gasteiger partial charge in [-0.1, -0.05) is 12.1 Å². The number of ether oxygens (including phenoxy) is 1. The van der Waals surface area contributed by atoms with E-state index in [0.29, 0.717) is 24.5 Å². The molecule has 0 unspecified atom stereocenters. The maximum Gasteiger partial charge on any atom is 0.257 e. The molecule has 22 heavy (non-hydrogen) atoms. The third kappa shape index (κ3) is 2.74. The van der Waals surface area contributed by atoms with Gasteiger partial charge in [0.05, 0.1) is 30.3 Å². The van der Waals surface area contributed by atoms with Gasteiger partial charge in [0.25, 0.3) is 5.91 Å². The molecule has 2 aromatic rings. The highest BCUT2D eigenvalue weighted by Gasteiger charge is 2.34. The van der Waals surface area contributed by atoms with E-state index < -0.39 is 5.82 Å². The molecule has 0 saturated carbocycles. The van der Waals surface area contributed by atoms with E-state index in [1.165, 1.54) is 23.2 Å². The standard InChI is InChI=1S/C16H12FN3O2/c17-14-4-2-1-3-13(14)16(21)20-9-12(10-20)22-15-7-11(8-18)5-6-19-15/h1-7,12H,9-10H2. The summed E-state index contributed by atoms with van der Waals surface area (Å²) in [6, 6.07) is 11.0. The number of likely N-dealkylation sites (tertiary alicyclic amines) is 1. The van der Waals surface area contributed by atoms with Gasteiger partial charge in [0, 0.05) is 12.3 Å². The first-order valence-electron chi connectivity index (χ1n) is 6.74. The molecule has 110 valence electrons. The lowest BCUT2D eigenvalue weighted by Crippen LogP contribution is -2.56. The molecular formula is C16H12FN3O2. The number of carbonyl (C=O) groups excluding carboxylic acids is 1. The Morgan fingerprint density at radius 1 is 1.36 bits per heavy atom. The molecule has 0 N–H and O–H groups in total. The monoisotopic (exact) mass is 297 g/mol. The van der Waals surface area contributed by atoms with Crippen LogP contribution in [-0.4, -0.2) is 35.0 Å². The molecule has 1 aromatic heterocycles. The molecule has 0 bridgehead atoms. The minimum Gasteiger partial charge on any atom is -0.471 e. The zero-order valence-corrected chi connectivity index (χ0v) is 11.6. The number of aromatic nitrogens is 1. The van der Waals surface area contributed by atoms with E-state index >= 15 is 0 Å². The fraction of sp³-hybridized carbons (Fsp3) is 0.188. The van der Waals surface area contributed by atoms with Gasteiger partial charge in [-0.25, -0.2) is 9.37 Å². The fourth-order valence-electron chi connectivity index (χ4n) is 2.20. The molecule has 0 atom stereocenters. The molecule has 3 rings (SSSR count). The first-order valence-corrected chi connectivity index (χ1v) is 6.74. The van der Waals surface area contributed by atoms with Gasteiger partial charge in [0.2, 0.25) is 5.88 Å². The van der Waals surface area contributed by atoms with Crippen LogP contribution in [0.1, 0.15) is 15.9 Å². The van der Waals surface area contributed by atoms with Crippen molar-refractivity contribution in [3.63, 3.8) is 0 Å². The molecule has 2 heterocycles. The maximum atomic E-state index is 13.6. The van der Waals surface area contributed by atoms with Gasteiger partial charge in [-0.15, -0.1) is 0 Å². The highest BCUT2D eigenvalue weighted by atomic mass is 19.1. The second kappa shape index (κ2) is 5.82. The highest BCUT2D eigenvalue weighted by molar-refractivity contribution is 5.95. The Bertz CT molecular complexity index is 751. The number of nitrogens with zero attached hydrogens (tertiary/aromatic N) is 3. The van der Waals surface area contributed by atoms with E-state index in [-0.39, 0.29) is 17.6 Å². The molecule has 1 saturated heterocycles. The minimum atomic E-state index is -0.528. The second-order valence-electron chi connectivity index (χ2n) is 4.92. The van der Waals surface area contributed by atoms with Crippen molar-refractivity contribution >= 4 is 5.91 Å². The van der Waals surface area contributed by atoms with Crippen LogP contribution in [0.2, 0.25) is 0 Å². The number of carbonyl (C=O) groups is 1. The van der Waals surface area contributed by atoms with Gasteiger partial charge in [-0.2, -0.15) is 5.26 Å². The molecule has 5 nitrogen and oxygen atoms in total. The van der Waals surface area contributed by atoms with Crippen LogP contribution in [0.15, 0.2) is 42.6 Å². The number of amides is 1. The largest absolute Gasteiger partial charge is 0.471 e. The second-order valence-corrected chi connectivity index (χ2v) is 4.92. The van der Waals surface area contributed by atoms with Crippen molar-refractivity contribution in [2.24, 2.45) is 0 Å². The fourth-order valence-corrected chi connectivity index (χ4v) is 2.20. The number of rotatable bonds is 3. The van der Waals surface area contributed by atoms with E-state index in [1.54, 1.807) is 24.3 Å². The summed E-state index contributed by atoms with van der Waals surface area (Å²) in [5.74, 6) is -0.529. The van der Waals surface area contributed by atoms with Crippen molar-refractivity contribution in [2.45, 2.75) is 6.10 Å². The molecular weight excluding hydrogens is 285 g/mol. The Balaban J connectivity index is 1.59. The van der Waals surface area contributed by atoms with Crippen molar-refractivity contribution in [1.29, 1.82) is 5.26 Å². The van der Waals surface area contributed by atoms with Crippen molar-refractivity contribution < 1.29 is 13.9 Å². The van der Waals surface area contributed by atoms with Gasteiger partial charge in [0.1, 0.15) is 11.9 Å². The molecule has 1 aromatic carbocycles. The lowest BCUT2D eigenvalue weighted by Gasteiger charge is -2.38. The summed E-state index contributed by atoms with van der Waals surface area (Å²) in [4.78, 5) is 17.6. The number of benzene rings is 1. The Morgan fingerprint density at radius 3 is 2.86 bits per heavy atom. The topological polar surface area (TPSA) is 66.2 Å². The van der Waals surface area contributed by atoms with E-state index in [1.807, 2.05) is 6.07 Å². The van der Waals surface area contributed by atoms with Crippen LogP contribution in [0.5, 0.6) is 5.88 Å². The van der Waals surface area contributed by atoms with Gasteiger partial charge < -0.3 is 9.64 Å². The van der Waals surface area contributed by atoms with Crippen molar-refractivity contribution in [3.8, 4) is 11.9 Å². The number of halogens is 1. The van der Waals surface area contributed by atoms with Crippen LogP contribution in [0.25, 0.3) is 0 Å². The quantitative estimate of drug-likeness (QED) is 0.869. The van der Waals surface area contributed by atoms with Gasteiger partial charge in [-0.3, -0.25) is 4.79 Å². The first-order chi connectivity index (χ1) is 10.7. The summed E-state index contributed by atoms with van der Waals surface area (Å²) in [6.45, 7) is 0.733. The smallest absolute Gasteiger partial charge is 0.257 e. The third-order valence-corrected chi connectivity index (χ3v) is 3.39. The minimum absolute atomic E-state index is 0.0607. The van der Waals surface area contributed by atoms with Crippen LogP contribution >= 0.6 is 0 Å². The Morgan fingerprint density at radius 2 is 2.14 bits per heavy atom. The Hall–Kier alpha value is -2.94. The van der Waals surface area contributed by atoms with Crippen LogP contribution in [0.4, 0.5) is 4.39 Å². The van der Waals surface area contributed by atoms with E-state index in [4.69, 9.17) is 10.00 Å². The maximum absolute atomic E-state index is 13.6. The SMILES string of the molecule is N#Cc1ccnc(OC2CN(C(=O)c3ccccc3F)C2)c1. The molecule has 0 spiro atoms. The molecule has 1 aliphatic rings. The van der Waals surface area contributed by atoms with Crippen molar-refractivity contribution in [1.82, 2.24) is 9.88 Å². The summed E-state index contributed by atoms with van der Waals surface area (Å²) >= 11 is 0. The van der Waals surface area contributed by atoms with Crippen molar-refractivity contribution in [3.05, 3.63) is 59.5 Å². The van der Waals surface area contributed by atoms with E-state index in [0.717, 1.165) is 0 Å². The molecule has 0 radical (unpaired) electrons. The Labute approximate surface area is 126 Å². The van der Waals surface area contributed by atoms with Gasteiger partial charge >= 0.3 is 0 Å². The summed E-state index contributed by atoms with van der Waals surface area (Å²) in [6.07, 6.45) is 1.30. The number of hydrogen-bond donors (Lipinski definition) is 0. The predicted octanol–water partition coefficient (Wildman–Crippen LogP) is 2.00. The average Bonchev–Trinajstić information content (AvgIpc) is 2.50. The molecule has 1 aliphatic heterocycles. The highest BCUT2D eigenvalue weighted by Crippen LogP contribution is 2.20. The summed E-state index contributed by atoms with van der Waals surface area (Å²) in [5, 5.41) is 8.81. The van der Waals surface area contributed by atoms with Gasteiger partial charge in [-0.05, 0) is 18.2 Å². The van der Waals surface area contributed by atoms with Gasteiger partial charge in [0.15, 0.2) is 0 Å². The zero-order valence-electron chi connectivity index (χ0n) is 11.6. The number of hydrogen-bond acceptors (Lipinski definition) is 4. The molecule has 1 fully saturated rings. The predicted molar refractivity (Wildman–Crippen MR) is 75.7 cm³/mol. The van der Waals surface area contributed by atoms with Crippen LogP contribution in [-0.2, 0) is 0 Å². The number of pyridine rings is 1. The van der Waals surface area contributed by atoms with E-state index in [2.05, 4.69) is 4.98 Å². The third-order valence-electron chi connectivity index (χ3n) is 3.39. The first kappa shape index (κ1) is 14.0.